The molecule has 1 heterocycles. The zero-order valence-electron chi connectivity index (χ0n) is 6.57. The van der Waals surface area contributed by atoms with Crippen molar-refractivity contribution in [3.05, 3.63) is 0 Å². The monoisotopic (exact) mass is 161 g/mol. The van der Waals surface area contributed by atoms with Crippen LogP contribution in [0.3, 0.4) is 0 Å². The third-order valence-electron chi connectivity index (χ3n) is 1.79. The Bertz CT molecular complexity index is 110. The Morgan fingerprint density at radius 3 is 2.82 bits per heavy atom. The van der Waals surface area contributed by atoms with Crippen LogP contribution in [0.5, 0.6) is 0 Å². The summed E-state index contributed by atoms with van der Waals surface area (Å²) in [5, 5.41) is 17.2. The Labute approximate surface area is 66.4 Å². The van der Waals surface area contributed by atoms with Gasteiger partial charge in [-0.2, -0.15) is 0 Å². The molecule has 0 aliphatic carbocycles. The zero-order valence-corrected chi connectivity index (χ0v) is 6.57. The van der Waals surface area contributed by atoms with Crippen LogP contribution in [-0.2, 0) is 4.74 Å². The molecule has 1 rings (SSSR count). The van der Waals surface area contributed by atoms with Gasteiger partial charge in [0.05, 0.1) is 19.4 Å². The number of rotatable bonds is 4. The van der Waals surface area contributed by atoms with E-state index >= 15 is 0 Å². The van der Waals surface area contributed by atoms with Crippen molar-refractivity contribution in [2.75, 3.05) is 33.0 Å². The number of aliphatic hydroxyl groups excluding tert-OH is 2. The molecule has 1 unspecified atom stereocenters. The SMILES string of the molecule is OCCCN1COC(CO)C1. The second-order valence-corrected chi connectivity index (χ2v) is 2.75. The molecule has 0 radical (unpaired) electrons. The Morgan fingerprint density at radius 1 is 1.45 bits per heavy atom. The highest BCUT2D eigenvalue weighted by atomic mass is 16.5. The molecular weight excluding hydrogens is 146 g/mol. The average Bonchev–Trinajstić information content (AvgIpc) is 2.48. The summed E-state index contributed by atoms with van der Waals surface area (Å²) in [5.74, 6) is 0. The molecule has 4 nitrogen and oxygen atoms in total. The maximum absolute atomic E-state index is 8.71. The Hall–Kier alpha value is -0.160. The van der Waals surface area contributed by atoms with E-state index in [9.17, 15) is 0 Å². The molecule has 0 aromatic carbocycles. The van der Waals surface area contributed by atoms with Crippen molar-refractivity contribution in [2.24, 2.45) is 0 Å². The van der Waals surface area contributed by atoms with Crippen molar-refractivity contribution in [3.63, 3.8) is 0 Å². The molecule has 66 valence electrons. The van der Waals surface area contributed by atoms with Gasteiger partial charge in [-0.25, -0.2) is 0 Å². The van der Waals surface area contributed by atoms with Crippen LogP contribution in [0.4, 0.5) is 0 Å². The fourth-order valence-corrected chi connectivity index (χ4v) is 1.16. The Balaban J connectivity index is 2.09. The smallest absolute Gasteiger partial charge is 0.0996 e. The van der Waals surface area contributed by atoms with Crippen molar-refractivity contribution >= 4 is 0 Å². The van der Waals surface area contributed by atoms with Gasteiger partial charge in [-0.3, -0.25) is 4.90 Å². The highest BCUT2D eigenvalue weighted by Crippen LogP contribution is 2.06. The molecule has 0 aromatic heterocycles. The van der Waals surface area contributed by atoms with Crippen molar-refractivity contribution in [1.82, 2.24) is 4.90 Å². The normalized spacial score (nSPS) is 26.2. The minimum absolute atomic E-state index is 0.0197. The molecule has 1 aliphatic heterocycles. The first-order valence-electron chi connectivity index (χ1n) is 3.92. The van der Waals surface area contributed by atoms with Gasteiger partial charge in [-0.1, -0.05) is 0 Å². The lowest BCUT2D eigenvalue weighted by Crippen LogP contribution is -2.25. The van der Waals surface area contributed by atoms with Gasteiger partial charge in [0.1, 0.15) is 0 Å². The van der Waals surface area contributed by atoms with Crippen LogP contribution < -0.4 is 0 Å². The van der Waals surface area contributed by atoms with Crippen LogP contribution in [0, 0.1) is 0 Å². The molecule has 1 saturated heterocycles. The fourth-order valence-electron chi connectivity index (χ4n) is 1.16. The summed E-state index contributed by atoms with van der Waals surface area (Å²) in [5.41, 5.74) is 0. The molecule has 4 heteroatoms. The van der Waals surface area contributed by atoms with Crippen molar-refractivity contribution < 1.29 is 14.9 Å². The number of hydrogen-bond donors (Lipinski definition) is 2. The summed E-state index contributed by atoms with van der Waals surface area (Å²) in [4.78, 5) is 2.08. The molecular formula is C7H15NO3. The lowest BCUT2D eigenvalue weighted by molar-refractivity contribution is 0.0515. The summed E-state index contributed by atoms with van der Waals surface area (Å²) >= 11 is 0. The first-order chi connectivity index (χ1) is 5.36. The van der Waals surface area contributed by atoms with Crippen LogP contribution in [-0.4, -0.2) is 54.3 Å². The molecule has 11 heavy (non-hydrogen) atoms. The van der Waals surface area contributed by atoms with Gasteiger partial charge < -0.3 is 14.9 Å². The number of nitrogens with zero attached hydrogens (tertiary/aromatic N) is 1. The number of aliphatic hydroxyl groups is 2. The fraction of sp³-hybridized carbons (Fsp3) is 1.00. The van der Waals surface area contributed by atoms with Gasteiger partial charge in [-0.05, 0) is 6.42 Å². The van der Waals surface area contributed by atoms with Gasteiger partial charge in [0.25, 0.3) is 0 Å². The van der Waals surface area contributed by atoms with E-state index in [-0.39, 0.29) is 19.3 Å². The van der Waals surface area contributed by atoms with Crippen molar-refractivity contribution in [2.45, 2.75) is 12.5 Å². The van der Waals surface area contributed by atoms with Crippen LogP contribution in [0.25, 0.3) is 0 Å². The van der Waals surface area contributed by atoms with Gasteiger partial charge in [-0.15, -0.1) is 0 Å². The van der Waals surface area contributed by atoms with Crippen LogP contribution in [0.2, 0.25) is 0 Å². The van der Waals surface area contributed by atoms with Gasteiger partial charge in [0, 0.05) is 19.7 Å². The second-order valence-electron chi connectivity index (χ2n) is 2.75. The minimum atomic E-state index is -0.0197. The highest BCUT2D eigenvalue weighted by Gasteiger charge is 2.21. The zero-order chi connectivity index (χ0) is 8.10. The van der Waals surface area contributed by atoms with E-state index in [1.165, 1.54) is 0 Å². The topological polar surface area (TPSA) is 52.9 Å². The van der Waals surface area contributed by atoms with Gasteiger partial charge in [0.2, 0.25) is 0 Å². The molecule has 0 bridgehead atoms. The number of hydrogen-bond acceptors (Lipinski definition) is 4. The van der Waals surface area contributed by atoms with E-state index in [2.05, 4.69) is 4.90 Å². The van der Waals surface area contributed by atoms with Crippen molar-refractivity contribution in [3.8, 4) is 0 Å². The molecule has 0 aromatic rings. The molecule has 1 fully saturated rings. The Kier molecular flexibility index (Phi) is 3.79. The second kappa shape index (κ2) is 4.66. The summed E-state index contributed by atoms with van der Waals surface area (Å²) in [7, 11) is 0. The van der Waals surface area contributed by atoms with Gasteiger partial charge in [0.15, 0.2) is 0 Å². The standard InChI is InChI=1S/C7H15NO3/c9-3-1-2-8-4-7(5-10)11-6-8/h7,9-10H,1-6H2. The van der Waals surface area contributed by atoms with Crippen LogP contribution >= 0.6 is 0 Å². The van der Waals surface area contributed by atoms with E-state index in [1.807, 2.05) is 0 Å². The molecule has 0 spiro atoms. The van der Waals surface area contributed by atoms with Gasteiger partial charge >= 0.3 is 0 Å². The maximum Gasteiger partial charge on any atom is 0.0996 e. The number of ether oxygens (including phenoxy) is 1. The third kappa shape index (κ3) is 2.75. The first-order valence-corrected chi connectivity index (χ1v) is 3.92. The lowest BCUT2D eigenvalue weighted by Gasteiger charge is -2.10. The lowest BCUT2D eigenvalue weighted by atomic mass is 10.3. The average molecular weight is 161 g/mol. The van der Waals surface area contributed by atoms with Crippen LogP contribution in [0.1, 0.15) is 6.42 Å². The largest absolute Gasteiger partial charge is 0.396 e. The van der Waals surface area contributed by atoms with E-state index in [0.29, 0.717) is 6.73 Å². The summed E-state index contributed by atoms with van der Waals surface area (Å²) in [6, 6.07) is 0. The predicted molar refractivity (Wildman–Crippen MR) is 40.1 cm³/mol. The van der Waals surface area contributed by atoms with E-state index in [4.69, 9.17) is 14.9 Å². The molecule has 1 aliphatic rings. The molecule has 0 amide bonds. The highest BCUT2D eigenvalue weighted by molar-refractivity contribution is 4.68. The predicted octanol–water partition coefficient (Wildman–Crippen LogP) is -0.981. The molecule has 2 N–H and O–H groups in total. The Morgan fingerprint density at radius 2 is 2.27 bits per heavy atom. The maximum atomic E-state index is 8.71. The third-order valence-corrected chi connectivity index (χ3v) is 1.79. The quantitative estimate of drug-likeness (QED) is 0.556. The molecule has 0 saturated carbocycles. The van der Waals surface area contributed by atoms with Crippen LogP contribution in [0.15, 0.2) is 0 Å². The van der Waals surface area contributed by atoms with E-state index in [1.54, 1.807) is 0 Å². The first kappa shape index (κ1) is 8.93. The summed E-state index contributed by atoms with van der Waals surface area (Å²) in [6.07, 6.45) is 0.760. The summed E-state index contributed by atoms with van der Waals surface area (Å²) in [6.45, 7) is 2.55. The molecule has 1 atom stereocenters. The summed E-state index contributed by atoms with van der Waals surface area (Å²) < 4.78 is 5.21. The van der Waals surface area contributed by atoms with E-state index in [0.717, 1.165) is 19.5 Å². The minimum Gasteiger partial charge on any atom is -0.396 e. The van der Waals surface area contributed by atoms with Crippen molar-refractivity contribution in [1.29, 1.82) is 0 Å². The van der Waals surface area contributed by atoms with E-state index < -0.39 is 0 Å².